The Morgan fingerprint density at radius 3 is 2.15 bits per heavy atom. The summed E-state index contributed by atoms with van der Waals surface area (Å²) in [7, 11) is 2.12. The van der Waals surface area contributed by atoms with E-state index in [0.717, 1.165) is 58.0 Å². The molecule has 0 saturated carbocycles. The van der Waals surface area contributed by atoms with Crippen molar-refractivity contribution >= 4 is 40.6 Å². The van der Waals surface area contributed by atoms with Crippen LogP contribution in [0.3, 0.4) is 0 Å². The van der Waals surface area contributed by atoms with Gasteiger partial charge in [0.1, 0.15) is 5.82 Å². The molecule has 0 aliphatic carbocycles. The second-order valence-corrected chi connectivity index (χ2v) is 9.59. The SMILES string of the molecule is Cc1ccc(C)c(N2CCN(c3cc(N4CCN(C)CC4)c(C=NNC(N)=S)cc3F)CC2)c1. The van der Waals surface area contributed by atoms with Gasteiger partial charge in [0, 0.05) is 69.3 Å². The van der Waals surface area contributed by atoms with Crippen LogP contribution in [0.25, 0.3) is 0 Å². The lowest BCUT2D eigenvalue weighted by molar-refractivity contribution is 0.313. The number of nitrogens with two attached hydrogens (primary N) is 1. The topological polar surface area (TPSA) is 63.4 Å². The van der Waals surface area contributed by atoms with E-state index in [-0.39, 0.29) is 10.9 Å². The van der Waals surface area contributed by atoms with Crippen LogP contribution >= 0.6 is 12.2 Å². The molecule has 0 atom stereocenters. The fraction of sp³-hybridized carbons (Fsp3) is 0.440. The summed E-state index contributed by atoms with van der Waals surface area (Å²) in [6.07, 6.45) is 1.60. The maximum atomic E-state index is 15.4. The van der Waals surface area contributed by atoms with Gasteiger partial charge < -0.3 is 25.3 Å². The quantitative estimate of drug-likeness (QED) is 0.385. The minimum Gasteiger partial charge on any atom is -0.375 e. The van der Waals surface area contributed by atoms with Crippen LogP contribution in [0.2, 0.25) is 0 Å². The van der Waals surface area contributed by atoms with Crippen molar-refractivity contribution in [2.75, 3.05) is 74.1 Å². The standard InChI is InChI=1S/C25H34FN7S/c1-18-4-5-19(2)22(14-18)31-10-12-33(13-11-31)24-16-23(32-8-6-30(3)7-9-32)20(15-21(24)26)17-28-29-25(27)34/h4-5,14-17H,6-13H2,1-3H3,(H3,27,29,34). The summed E-state index contributed by atoms with van der Waals surface area (Å²) in [4.78, 5) is 9.16. The van der Waals surface area contributed by atoms with Crippen molar-refractivity contribution < 1.29 is 4.39 Å². The molecule has 0 bridgehead atoms. The van der Waals surface area contributed by atoms with Gasteiger partial charge in [0.2, 0.25) is 0 Å². The Morgan fingerprint density at radius 1 is 0.912 bits per heavy atom. The zero-order valence-corrected chi connectivity index (χ0v) is 21.0. The number of piperazine rings is 2. The van der Waals surface area contributed by atoms with Gasteiger partial charge >= 0.3 is 0 Å². The molecule has 2 aliphatic rings. The average Bonchev–Trinajstić information content (AvgIpc) is 2.81. The van der Waals surface area contributed by atoms with E-state index in [2.05, 4.69) is 69.2 Å². The maximum Gasteiger partial charge on any atom is 0.184 e. The second-order valence-electron chi connectivity index (χ2n) is 9.15. The van der Waals surface area contributed by atoms with Crippen molar-refractivity contribution in [3.05, 3.63) is 52.8 Å². The zero-order chi connectivity index (χ0) is 24.2. The van der Waals surface area contributed by atoms with Crippen molar-refractivity contribution in [1.29, 1.82) is 0 Å². The summed E-state index contributed by atoms with van der Waals surface area (Å²) < 4.78 is 15.4. The van der Waals surface area contributed by atoms with Gasteiger partial charge in [-0.3, -0.25) is 5.43 Å². The third-order valence-corrected chi connectivity index (χ3v) is 6.74. The molecule has 0 amide bonds. The Bertz CT molecular complexity index is 1060. The predicted molar refractivity (Wildman–Crippen MR) is 144 cm³/mol. The smallest absolute Gasteiger partial charge is 0.184 e. The fourth-order valence-corrected chi connectivity index (χ4v) is 4.70. The Kier molecular flexibility index (Phi) is 7.53. The number of thiocarbonyl (C=S) groups is 1. The lowest BCUT2D eigenvalue weighted by atomic mass is 10.1. The van der Waals surface area contributed by atoms with E-state index >= 15 is 4.39 Å². The molecule has 7 nitrogen and oxygen atoms in total. The van der Waals surface area contributed by atoms with Crippen molar-refractivity contribution in [1.82, 2.24) is 10.3 Å². The van der Waals surface area contributed by atoms with Gasteiger partial charge in [0.05, 0.1) is 11.9 Å². The van der Waals surface area contributed by atoms with Crippen LogP contribution in [-0.2, 0) is 0 Å². The first-order chi connectivity index (χ1) is 16.3. The fourth-order valence-electron chi connectivity index (χ4n) is 4.65. The maximum absolute atomic E-state index is 15.4. The molecular weight excluding hydrogens is 449 g/mol. The molecule has 4 rings (SSSR count). The van der Waals surface area contributed by atoms with Crippen LogP contribution in [0.4, 0.5) is 21.5 Å². The lowest BCUT2D eigenvalue weighted by Gasteiger charge is -2.39. The van der Waals surface area contributed by atoms with Gasteiger partial charge in [-0.05, 0) is 62.4 Å². The number of benzene rings is 2. The van der Waals surface area contributed by atoms with E-state index in [0.29, 0.717) is 11.3 Å². The largest absolute Gasteiger partial charge is 0.375 e. The molecule has 182 valence electrons. The average molecular weight is 484 g/mol. The van der Waals surface area contributed by atoms with Crippen LogP contribution in [0.5, 0.6) is 0 Å². The Morgan fingerprint density at radius 2 is 1.50 bits per heavy atom. The first-order valence-electron chi connectivity index (χ1n) is 11.7. The van der Waals surface area contributed by atoms with Gasteiger partial charge in [-0.25, -0.2) is 4.39 Å². The van der Waals surface area contributed by atoms with Gasteiger partial charge in [-0.15, -0.1) is 0 Å². The normalized spacial score (nSPS) is 17.5. The Balaban J connectivity index is 1.57. The third-order valence-electron chi connectivity index (χ3n) is 6.64. The van der Waals surface area contributed by atoms with Crippen molar-refractivity contribution in [2.24, 2.45) is 10.8 Å². The number of halogens is 1. The summed E-state index contributed by atoms with van der Waals surface area (Å²) >= 11 is 4.83. The van der Waals surface area contributed by atoms with E-state index in [1.165, 1.54) is 16.8 Å². The van der Waals surface area contributed by atoms with E-state index in [1.807, 2.05) is 6.07 Å². The van der Waals surface area contributed by atoms with Crippen LogP contribution < -0.4 is 25.9 Å². The molecule has 3 N–H and O–H groups in total. The van der Waals surface area contributed by atoms with Crippen molar-refractivity contribution in [3.8, 4) is 0 Å². The number of nitrogens with one attached hydrogen (secondary N) is 1. The number of hydrazone groups is 1. The molecule has 2 aromatic carbocycles. The molecule has 0 unspecified atom stereocenters. The van der Waals surface area contributed by atoms with Crippen molar-refractivity contribution in [3.63, 3.8) is 0 Å². The molecule has 2 fully saturated rings. The summed E-state index contributed by atoms with van der Waals surface area (Å²) in [5.74, 6) is -0.241. The Hall–Kier alpha value is -2.91. The molecule has 9 heteroatoms. The number of hydrogen-bond donors (Lipinski definition) is 2. The zero-order valence-electron chi connectivity index (χ0n) is 20.2. The minimum absolute atomic E-state index is 0.0798. The Labute approximate surface area is 207 Å². The van der Waals surface area contributed by atoms with E-state index in [4.69, 9.17) is 18.0 Å². The molecule has 2 aromatic rings. The molecule has 2 heterocycles. The first-order valence-corrected chi connectivity index (χ1v) is 12.2. The molecule has 0 spiro atoms. The first kappa shape index (κ1) is 24.2. The highest BCUT2D eigenvalue weighted by molar-refractivity contribution is 7.80. The molecular formula is C25H34FN7S. The highest BCUT2D eigenvalue weighted by atomic mass is 32.1. The van der Waals surface area contributed by atoms with Crippen LogP contribution in [0.1, 0.15) is 16.7 Å². The number of aryl methyl sites for hydroxylation is 2. The predicted octanol–water partition coefficient (Wildman–Crippen LogP) is 2.69. The third kappa shape index (κ3) is 5.59. The molecule has 34 heavy (non-hydrogen) atoms. The van der Waals surface area contributed by atoms with Crippen LogP contribution in [0, 0.1) is 19.7 Å². The summed E-state index contributed by atoms with van der Waals surface area (Å²) in [5.41, 5.74) is 14.2. The molecule has 2 saturated heterocycles. The number of likely N-dealkylation sites (N-methyl/N-ethyl adjacent to an activating group) is 1. The van der Waals surface area contributed by atoms with E-state index < -0.39 is 0 Å². The van der Waals surface area contributed by atoms with Crippen molar-refractivity contribution in [2.45, 2.75) is 13.8 Å². The summed E-state index contributed by atoms with van der Waals surface area (Å²) in [6, 6.07) is 10.1. The highest BCUT2D eigenvalue weighted by Gasteiger charge is 2.24. The molecule has 2 aliphatic heterocycles. The lowest BCUT2D eigenvalue weighted by Crippen LogP contribution is -2.47. The number of anilines is 3. The van der Waals surface area contributed by atoms with E-state index in [9.17, 15) is 0 Å². The highest BCUT2D eigenvalue weighted by Crippen LogP contribution is 2.32. The number of hydrogen-bond acceptors (Lipinski definition) is 6. The minimum atomic E-state index is -0.241. The molecule has 0 radical (unpaired) electrons. The van der Waals surface area contributed by atoms with Gasteiger partial charge in [-0.2, -0.15) is 5.10 Å². The monoisotopic (exact) mass is 483 g/mol. The van der Waals surface area contributed by atoms with Gasteiger partial charge in [-0.1, -0.05) is 12.1 Å². The number of nitrogens with zero attached hydrogens (tertiary/aromatic N) is 5. The van der Waals surface area contributed by atoms with Crippen LogP contribution in [-0.4, -0.2) is 75.6 Å². The molecule has 0 aromatic heterocycles. The number of rotatable bonds is 5. The summed E-state index contributed by atoms with van der Waals surface area (Å²) in [6.45, 7) is 11.2. The summed E-state index contributed by atoms with van der Waals surface area (Å²) in [5, 5.41) is 4.17. The van der Waals surface area contributed by atoms with Gasteiger partial charge in [0.15, 0.2) is 5.11 Å². The van der Waals surface area contributed by atoms with Crippen LogP contribution in [0.15, 0.2) is 35.4 Å². The van der Waals surface area contributed by atoms with Gasteiger partial charge in [0.25, 0.3) is 0 Å². The second kappa shape index (κ2) is 10.6. The van der Waals surface area contributed by atoms with E-state index in [1.54, 1.807) is 12.3 Å².